The summed E-state index contributed by atoms with van der Waals surface area (Å²) < 4.78 is 28.0. The monoisotopic (exact) mass is 586 g/mol. The normalized spacial score (nSPS) is 17.3. The van der Waals surface area contributed by atoms with Crippen LogP contribution in [0.15, 0.2) is 60.7 Å². The van der Waals surface area contributed by atoms with Gasteiger partial charge in [-0.1, -0.05) is 29.8 Å². The van der Waals surface area contributed by atoms with Crippen molar-refractivity contribution < 1.29 is 13.9 Å². The molecule has 5 aromatic rings. The molecule has 10 nitrogen and oxygen atoms in total. The van der Waals surface area contributed by atoms with Crippen LogP contribution in [0, 0.1) is 5.82 Å². The average Bonchev–Trinajstić information content (AvgIpc) is 3.63. The first-order chi connectivity index (χ1) is 20.6. The van der Waals surface area contributed by atoms with E-state index in [4.69, 9.17) is 26.1 Å². The van der Waals surface area contributed by atoms with Crippen LogP contribution in [-0.4, -0.2) is 65.9 Å². The van der Waals surface area contributed by atoms with Crippen LogP contribution >= 0.6 is 11.6 Å². The Labute approximate surface area is 246 Å². The second kappa shape index (κ2) is 11.6. The van der Waals surface area contributed by atoms with Crippen molar-refractivity contribution in [1.82, 2.24) is 40.1 Å². The van der Waals surface area contributed by atoms with E-state index in [-0.39, 0.29) is 12.7 Å². The van der Waals surface area contributed by atoms with Crippen LogP contribution in [0.2, 0.25) is 5.02 Å². The number of ether oxygens (including phenoxy) is 2. The average molecular weight is 587 g/mol. The maximum absolute atomic E-state index is 14.1. The van der Waals surface area contributed by atoms with Crippen molar-refractivity contribution in [2.45, 2.75) is 38.6 Å². The predicted octanol–water partition coefficient (Wildman–Crippen LogP) is 5.06. The molecule has 0 radical (unpaired) electrons. The molecule has 0 amide bonds. The third kappa shape index (κ3) is 5.63. The number of fused-ring (bicyclic) bond motifs is 1. The number of imidazole rings is 1. The maximum Gasteiger partial charge on any atom is 0.214 e. The minimum absolute atomic E-state index is 0.0791. The number of H-pyrrole nitrogens is 1. The van der Waals surface area contributed by atoms with Crippen LogP contribution in [0.4, 0.5) is 4.39 Å². The molecule has 2 aliphatic heterocycles. The van der Waals surface area contributed by atoms with Crippen molar-refractivity contribution in [2.75, 3.05) is 19.7 Å². The van der Waals surface area contributed by atoms with Crippen molar-refractivity contribution in [2.24, 2.45) is 0 Å². The summed E-state index contributed by atoms with van der Waals surface area (Å²) in [6, 6.07) is 16.3. The Hall–Kier alpha value is -4.19. The zero-order valence-electron chi connectivity index (χ0n) is 22.7. The lowest BCUT2D eigenvalue weighted by Crippen LogP contribution is -2.33. The summed E-state index contributed by atoms with van der Waals surface area (Å²) in [5.74, 6) is 1.62. The van der Waals surface area contributed by atoms with Crippen LogP contribution in [0.3, 0.4) is 0 Å². The van der Waals surface area contributed by atoms with Gasteiger partial charge in [-0.25, -0.2) is 14.4 Å². The first kappa shape index (κ1) is 26.7. The van der Waals surface area contributed by atoms with E-state index in [0.29, 0.717) is 28.8 Å². The summed E-state index contributed by atoms with van der Waals surface area (Å²) in [5, 5.41) is 14.8. The Bertz CT molecular complexity index is 1750. The number of tetrazole rings is 1. The van der Waals surface area contributed by atoms with E-state index in [0.717, 1.165) is 72.8 Å². The Kier molecular flexibility index (Phi) is 7.37. The van der Waals surface area contributed by atoms with Gasteiger partial charge in [0.15, 0.2) is 0 Å². The summed E-state index contributed by atoms with van der Waals surface area (Å²) in [6.07, 6.45) is 4.30. The minimum Gasteiger partial charge on any atom is -0.473 e. The Morgan fingerprint density at radius 2 is 2.05 bits per heavy atom. The van der Waals surface area contributed by atoms with Crippen LogP contribution in [0.5, 0.6) is 5.88 Å². The Balaban J connectivity index is 1.06. The van der Waals surface area contributed by atoms with Gasteiger partial charge in [0.2, 0.25) is 11.7 Å². The van der Waals surface area contributed by atoms with Gasteiger partial charge in [0.25, 0.3) is 0 Å². The lowest BCUT2D eigenvalue weighted by molar-refractivity contribution is -0.0591. The molecule has 2 aliphatic rings. The van der Waals surface area contributed by atoms with Crippen molar-refractivity contribution in [1.29, 1.82) is 0 Å². The molecule has 0 bridgehead atoms. The molecule has 214 valence electrons. The number of nitrogens with one attached hydrogen (secondary N) is 1. The van der Waals surface area contributed by atoms with Gasteiger partial charge < -0.3 is 14.0 Å². The first-order valence-corrected chi connectivity index (χ1v) is 14.3. The number of aromatic nitrogens is 7. The fourth-order valence-electron chi connectivity index (χ4n) is 5.30. The number of aromatic amines is 1. The molecule has 0 aliphatic carbocycles. The molecule has 1 N–H and O–H groups in total. The van der Waals surface area contributed by atoms with Gasteiger partial charge in [-0.05, 0) is 60.0 Å². The van der Waals surface area contributed by atoms with E-state index in [9.17, 15) is 4.39 Å². The molecule has 7 rings (SSSR count). The number of benzene rings is 2. The summed E-state index contributed by atoms with van der Waals surface area (Å²) >= 11 is 5.85. The van der Waals surface area contributed by atoms with Gasteiger partial charge in [0.1, 0.15) is 18.2 Å². The standard InChI is InChI=1S/C30H28ClFN8O2/c31-22-6-4-21(24(32)15-22)18-42-29-3-1-2-25(34-29)19-8-11-39(12-9-19)17-28-33-26-7-5-20(30-35-37-38-36-30)14-27(26)40(28)16-23-10-13-41-23/h1-8,14-15,23H,9-13,16-18H2,(H,35,36,37,38)/t23-/m0/s1. The number of rotatable bonds is 9. The number of halogens is 2. The topological polar surface area (TPSA) is 107 Å². The fraction of sp³-hybridized carbons (Fsp3) is 0.300. The third-order valence-electron chi connectivity index (χ3n) is 7.71. The second-order valence-corrected chi connectivity index (χ2v) is 10.9. The molecule has 0 saturated carbocycles. The molecule has 0 unspecified atom stereocenters. The van der Waals surface area contributed by atoms with Crippen LogP contribution in [0.25, 0.3) is 28.0 Å². The SMILES string of the molecule is Fc1cc(Cl)ccc1COc1cccc(C2=CCN(Cc3nc4ccc(-c5nn[nH]n5)cc4n3C[C@@H]3CCO3)CC2)n1. The number of pyridine rings is 1. The van der Waals surface area contributed by atoms with Gasteiger partial charge in [-0.2, -0.15) is 5.21 Å². The molecule has 3 aromatic heterocycles. The number of hydrogen-bond donors (Lipinski definition) is 1. The van der Waals surface area contributed by atoms with Crippen LogP contribution in [-0.2, 0) is 24.4 Å². The highest BCUT2D eigenvalue weighted by atomic mass is 35.5. The largest absolute Gasteiger partial charge is 0.473 e. The van der Waals surface area contributed by atoms with E-state index in [2.05, 4.69) is 47.2 Å². The molecule has 0 spiro atoms. The van der Waals surface area contributed by atoms with Gasteiger partial charge in [0, 0.05) is 41.9 Å². The highest BCUT2D eigenvalue weighted by molar-refractivity contribution is 6.30. The second-order valence-electron chi connectivity index (χ2n) is 10.5. The quantitative estimate of drug-likeness (QED) is 0.255. The third-order valence-corrected chi connectivity index (χ3v) is 7.95. The summed E-state index contributed by atoms with van der Waals surface area (Å²) in [4.78, 5) is 12.1. The smallest absolute Gasteiger partial charge is 0.214 e. The molecule has 2 aromatic carbocycles. The predicted molar refractivity (Wildman–Crippen MR) is 155 cm³/mol. The van der Waals surface area contributed by atoms with Gasteiger partial charge >= 0.3 is 0 Å². The number of hydrogen-bond acceptors (Lipinski definition) is 8. The van der Waals surface area contributed by atoms with Crippen LogP contribution < -0.4 is 4.74 Å². The van der Waals surface area contributed by atoms with Crippen molar-refractivity contribution in [3.05, 3.63) is 88.6 Å². The Morgan fingerprint density at radius 1 is 1.12 bits per heavy atom. The lowest BCUT2D eigenvalue weighted by atomic mass is 10.0. The van der Waals surface area contributed by atoms with E-state index in [1.807, 2.05) is 24.3 Å². The number of nitrogens with zero attached hydrogens (tertiary/aromatic N) is 7. The van der Waals surface area contributed by atoms with Gasteiger partial charge in [-0.3, -0.25) is 4.90 Å². The van der Waals surface area contributed by atoms with Crippen molar-refractivity contribution in [3.8, 4) is 17.3 Å². The van der Waals surface area contributed by atoms with E-state index >= 15 is 0 Å². The summed E-state index contributed by atoms with van der Waals surface area (Å²) in [6.45, 7) is 3.99. The zero-order chi connectivity index (χ0) is 28.5. The molecule has 1 atom stereocenters. The zero-order valence-corrected chi connectivity index (χ0v) is 23.5. The van der Waals surface area contributed by atoms with Crippen molar-refractivity contribution in [3.63, 3.8) is 0 Å². The highest BCUT2D eigenvalue weighted by Gasteiger charge is 2.24. The molecule has 42 heavy (non-hydrogen) atoms. The fourth-order valence-corrected chi connectivity index (χ4v) is 5.46. The maximum atomic E-state index is 14.1. The summed E-state index contributed by atoms with van der Waals surface area (Å²) in [5.41, 5.74) is 5.32. The first-order valence-electron chi connectivity index (χ1n) is 13.9. The Morgan fingerprint density at radius 3 is 2.81 bits per heavy atom. The molecular formula is C30H28ClFN8O2. The van der Waals surface area contributed by atoms with E-state index < -0.39 is 5.82 Å². The molecule has 12 heteroatoms. The van der Waals surface area contributed by atoms with Crippen LogP contribution in [0.1, 0.15) is 29.9 Å². The van der Waals surface area contributed by atoms with E-state index in [1.54, 1.807) is 18.2 Å². The molecule has 1 fully saturated rings. The highest BCUT2D eigenvalue weighted by Crippen LogP contribution is 2.28. The van der Waals surface area contributed by atoms with Crippen molar-refractivity contribution >= 4 is 28.2 Å². The van der Waals surface area contributed by atoms with Gasteiger partial charge in [-0.15, -0.1) is 10.2 Å². The summed E-state index contributed by atoms with van der Waals surface area (Å²) in [7, 11) is 0. The molecular weight excluding hydrogens is 559 g/mol. The lowest BCUT2D eigenvalue weighted by Gasteiger charge is -2.29. The van der Waals surface area contributed by atoms with E-state index in [1.165, 1.54) is 6.07 Å². The molecule has 5 heterocycles. The van der Waals surface area contributed by atoms with Gasteiger partial charge in [0.05, 0.1) is 35.9 Å². The minimum atomic E-state index is -0.394. The molecule has 1 saturated heterocycles.